The maximum Gasteiger partial charge on any atom is 0.0552 e. The second-order valence-electron chi connectivity index (χ2n) is 16.0. The van der Waals surface area contributed by atoms with Crippen molar-refractivity contribution in [1.82, 2.24) is 9.80 Å². The van der Waals surface area contributed by atoms with Gasteiger partial charge < -0.3 is 20.0 Å². The minimum Gasteiger partial charge on any atom is -0.393 e. The molecule has 2 unspecified atom stereocenters. The van der Waals surface area contributed by atoms with Crippen LogP contribution in [0.15, 0.2) is 0 Å². The van der Waals surface area contributed by atoms with Crippen molar-refractivity contribution in [3.05, 3.63) is 0 Å². The number of hydrogen-bond donors (Lipinski definition) is 2. The van der Waals surface area contributed by atoms with Crippen molar-refractivity contribution >= 4 is 0 Å². The molecule has 0 aromatic carbocycles. The molecule has 0 rings (SSSR count). The number of nitrogens with zero attached hydrogens (tertiary/aromatic N) is 2. The number of hydrogen-bond acceptors (Lipinski definition) is 4. The first-order chi connectivity index (χ1) is 23.5. The van der Waals surface area contributed by atoms with Crippen molar-refractivity contribution in [2.45, 2.75) is 244 Å². The van der Waals surface area contributed by atoms with Crippen molar-refractivity contribution in [2.75, 3.05) is 40.3 Å². The minimum atomic E-state index is -0.140. The molecule has 0 saturated carbocycles. The lowest BCUT2D eigenvalue weighted by Crippen LogP contribution is -2.29. The first-order valence-electron chi connectivity index (χ1n) is 22.2. The maximum absolute atomic E-state index is 10.5. The quantitative estimate of drug-likeness (QED) is 0.0631. The standard InChI is InChI=1S/C44H92N2O2/c1-5-7-9-11-13-15-17-19-21-23-25-27-29-31-33-36-44(48)38-42-46(4)40-34-39-45(3)41-37-43(47)35-32-30-28-26-24-22-20-18-16-14-12-10-8-6-2/h43-44,47-48H,5-42H2,1-4H3. The SMILES string of the molecule is CCCCCCCCCCCCCCCCCC(O)CCN(C)CCCN(C)CCC(O)CCCCCCCCCCCCCCCC. The Balaban J connectivity index is 3.45. The molecule has 2 atom stereocenters. The van der Waals surface area contributed by atoms with E-state index in [4.69, 9.17) is 0 Å². The van der Waals surface area contributed by atoms with Gasteiger partial charge in [-0.3, -0.25) is 0 Å². The van der Waals surface area contributed by atoms with E-state index < -0.39 is 0 Å². The number of rotatable bonds is 41. The van der Waals surface area contributed by atoms with E-state index in [0.29, 0.717) is 0 Å². The summed E-state index contributed by atoms with van der Waals surface area (Å²) in [7, 11) is 4.39. The fraction of sp³-hybridized carbons (Fsp3) is 1.00. The zero-order chi connectivity index (χ0) is 35.2. The molecule has 0 aliphatic carbocycles. The highest BCUT2D eigenvalue weighted by atomic mass is 16.3. The lowest BCUT2D eigenvalue weighted by atomic mass is 10.0. The van der Waals surface area contributed by atoms with Crippen molar-refractivity contribution < 1.29 is 10.2 Å². The zero-order valence-electron chi connectivity index (χ0n) is 33.8. The normalized spacial score (nSPS) is 13.2. The van der Waals surface area contributed by atoms with E-state index in [9.17, 15) is 10.2 Å². The minimum absolute atomic E-state index is 0.140. The van der Waals surface area contributed by atoms with Gasteiger partial charge in [0.2, 0.25) is 0 Å². The van der Waals surface area contributed by atoms with E-state index in [1.54, 1.807) is 0 Å². The third kappa shape index (κ3) is 38.6. The highest BCUT2D eigenvalue weighted by Gasteiger charge is 2.09. The summed E-state index contributed by atoms with van der Waals surface area (Å²) in [6.07, 6.45) is 44.9. The fourth-order valence-corrected chi connectivity index (χ4v) is 7.19. The van der Waals surface area contributed by atoms with Gasteiger partial charge in [0.05, 0.1) is 12.2 Å². The van der Waals surface area contributed by atoms with E-state index >= 15 is 0 Å². The van der Waals surface area contributed by atoms with Crippen molar-refractivity contribution in [3.63, 3.8) is 0 Å². The predicted molar refractivity (Wildman–Crippen MR) is 215 cm³/mol. The predicted octanol–water partition coefficient (Wildman–Crippen LogP) is 12.9. The molecule has 48 heavy (non-hydrogen) atoms. The van der Waals surface area contributed by atoms with Crippen LogP contribution in [-0.4, -0.2) is 72.5 Å². The Kier molecular flexibility index (Phi) is 39.5. The average Bonchev–Trinajstić information content (AvgIpc) is 3.08. The van der Waals surface area contributed by atoms with E-state index in [0.717, 1.165) is 58.3 Å². The Bertz CT molecular complexity index is 588. The summed E-state index contributed by atoms with van der Waals surface area (Å²) in [5.74, 6) is 0. The molecule has 4 nitrogen and oxygen atoms in total. The lowest BCUT2D eigenvalue weighted by molar-refractivity contribution is 0.130. The molecule has 0 amide bonds. The molecule has 0 saturated heterocycles. The Morgan fingerprint density at radius 3 is 0.771 bits per heavy atom. The van der Waals surface area contributed by atoms with E-state index in [2.05, 4.69) is 37.7 Å². The second kappa shape index (κ2) is 39.6. The molecule has 0 bridgehead atoms. The first kappa shape index (κ1) is 47.8. The Hall–Kier alpha value is -0.160. The Morgan fingerprint density at radius 1 is 0.292 bits per heavy atom. The topological polar surface area (TPSA) is 46.9 Å². The number of aliphatic hydroxyl groups excluding tert-OH is 2. The summed E-state index contributed by atoms with van der Waals surface area (Å²) in [6.45, 7) is 8.72. The monoisotopic (exact) mass is 681 g/mol. The van der Waals surface area contributed by atoms with Gasteiger partial charge in [-0.15, -0.1) is 0 Å². The van der Waals surface area contributed by atoms with Crippen LogP contribution >= 0.6 is 0 Å². The summed E-state index contributed by atoms with van der Waals surface area (Å²) in [5.41, 5.74) is 0. The summed E-state index contributed by atoms with van der Waals surface area (Å²) >= 11 is 0. The molecule has 0 spiro atoms. The third-order valence-electron chi connectivity index (χ3n) is 10.8. The van der Waals surface area contributed by atoms with Crippen LogP contribution in [-0.2, 0) is 0 Å². The summed E-state index contributed by atoms with van der Waals surface area (Å²) in [5, 5.41) is 20.9. The van der Waals surface area contributed by atoms with Crippen molar-refractivity contribution in [3.8, 4) is 0 Å². The lowest BCUT2D eigenvalue weighted by Gasteiger charge is -2.22. The van der Waals surface area contributed by atoms with Gasteiger partial charge in [-0.05, 0) is 59.3 Å². The molecular weight excluding hydrogens is 588 g/mol. The van der Waals surface area contributed by atoms with Crippen molar-refractivity contribution in [2.24, 2.45) is 0 Å². The molecule has 0 heterocycles. The van der Waals surface area contributed by atoms with Gasteiger partial charge in [-0.1, -0.05) is 200 Å². The molecule has 290 valence electrons. The maximum atomic E-state index is 10.5. The van der Waals surface area contributed by atoms with Crippen LogP contribution in [0.5, 0.6) is 0 Å². The van der Waals surface area contributed by atoms with Crippen LogP contribution in [0.2, 0.25) is 0 Å². The molecule has 0 aromatic rings. The number of unbranched alkanes of at least 4 members (excludes halogenated alkanes) is 27. The van der Waals surface area contributed by atoms with Crippen LogP contribution in [0.3, 0.4) is 0 Å². The molecule has 0 aliphatic heterocycles. The molecule has 0 radical (unpaired) electrons. The van der Waals surface area contributed by atoms with E-state index in [-0.39, 0.29) is 12.2 Å². The van der Waals surface area contributed by atoms with Crippen molar-refractivity contribution in [1.29, 1.82) is 0 Å². The highest BCUT2D eigenvalue weighted by Crippen LogP contribution is 2.16. The van der Waals surface area contributed by atoms with Gasteiger partial charge in [0.15, 0.2) is 0 Å². The van der Waals surface area contributed by atoms with E-state index in [1.807, 2.05) is 0 Å². The third-order valence-corrected chi connectivity index (χ3v) is 10.8. The second-order valence-corrected chi connectivity index (χ2v) is 16.0. The molecule has 2 N–H and O–H groups in total. The van der Waals surface area contributed by atoms with Crippen LogP contribution in [0.1, 0.15) is 232 Å². The summed E-state index contributed by atoms with van der Waals surface area (Å²) in [6, 6.07) is 0. The number of aliphatic hydroxyl groups is 2. The van der Waals surface area contributed by atoms with Gasteiger partial charge in [0.1, 0.15) is 0 Å². The van der Waals surface area contributed by atoms with Gasteiger partial charge in [0.25, 0.3) is 0 Å². The summed E-state index contributed by atoms with van der Waals surface area (Å²) in [4.78, 5) is 4.77. The molecule has 4 heteroatoms. The Labute approximate surface area is 304 Å². The smallest absolute Gasteiger partial charge is 0.0552 e. The van der Waals surface area contributed by atoms with Gasteiger partial charge in [0, 0.05) is 13.1 Å². The van der Waals surface area contributed by atoms with Crippen LogP contribution in [0, 0.1) is 0 Å². The van der Waals surface area contributed by atoms with Gasteiger partial charge in [-0.2, -0.15) is 0 Å². The first-order valence-corrected chi connectivity index (χ1v) is 22.2. The van der Waals surface area contributed by atoms with Crippen LogP contribution in [0.4, 0.5) is 0 Å². The summed E-state index contributed by atoms with van der Waals surface area (Å²) < 4.78 is 0. The molecular formula is C44H92N2O2. The van der Waals surface area contributed by atoms with Crippen LogP contribution in [0.25, 0.3) is 0 Å². The molecule has 0 aliphatic rings. The van der Waals surface area contributed by atoms with Crippen LogP contribution < -0.4 is 0 Å². The van der Waals surface area contributed by atoms with Gasteiger partial charge >= 0.3 is 0 Å². The Morgan fingerprint density at radius 2 is 0.521 bits per heavy atom. The fourth-order valence-electron chi connectivity index (χ4n) is 7.19. The molecule has 0 fully saturated rings. The molecule has 0 aromatic heterocycles. The van der Waals surface area contributed by atoms with E-state index in [1.165, 1.54) is 186 Å². The van der Waals surface area contributed by atoms with Gasteiger partial charge in [-0.25, -0.2) is 0 Å². The highest BCUT2D eigenvalue weighted by molar-refractivity contribution is 4.64. The zero-order valence-corrected chi connectivity index (χ0v) is 33.8. The largest absolute Gasteiger partial charge is 0.393 e. The average molecular weight is 681 g/mol.